The maximum atomic E-state index is 12.3. The zero-order valence-electron chi connectivity index (χ0n) is 14.9. The molecule has 2 N–H and O–H groups in total. The quantitative estimate of drug-likeness (QED) is 0.713. The number of thiophene rings is 1. The molecule has 6 nitrogen and oxygen atoms in total. The molecule has 0 fully saturated rings. The summed E-state index contributed by atoms with van der Waals surface area (Å²) in [5.41, 5.74) is 4.01. The number of benzene rings is 1. The van der Waals surface area contributed by atoms with E-state index >= 15 is 0 Å². The van der Waals surface area contributed by atoms with E-state index in [0.29, 0.717) is 16.1 Å². The zero-order valence-corrected chi connectivity index (χ0v) is 15.7. The van der Waals surface area contributed by atoms with Crippen LogP contribution in [-0.2, 0) is 14.3 Å². The van der Waals surface area contributed by atoms with Crippen LogP contribution in [0.5, 0.6) is 0 Å². The van der Waals surface area contributed by atoms with Crippen LogP contribution in [0.1, 0.15) is 40.7 Å². The molecule has 0 atom stereocenters. The highest BCUT2D eigenvalue weighted by molar-refractivity contribution is 7.15. The first kappa shape index (κ1) is 19.7. The molecule has 0 aliphatic rings. The number of amides is 1. The summed E-state index contributed by atoms with van der Waals surface area (Å²) in [7, 11) is 1.30. The average Bonchev–Trinajstić information content (AvgIpc) is 2.99. The molecule has 2 aromatic rings. The molecule has 0 bridgehead atoms. The standard InChI is InChI=1S/C19H21NO5S/c1-11-7-8-12(2)13(9-11)14-10-26-18(17(14)19(24)25-3)20-15(21)5-4-6-16(22)23/h7-10H,4-6H2,1-3H3,(H,20,21)(H,22,23). The molecule has 1 amide bonds. The second kappa shape index (κ2) is 8.62. The Morgan fingerprint density at radius 1 is 1.15 bits per heavy atom. The van der Waals surface area contributed by atoms with Crippen molar-refractivity contribution in [3.8, 4) is 11.1 Å². The Morgan fingerprint density at radius 3 is 2.54 bits per heavy atom. The Balaban J connectivity index is 2.32. The number of carboxylic acid groups (broad SMARTS) is 1. The molecule has 1 heterocycles. The fourth-order valence-corrected chi connectivity index (χ4v) is 3.53. The SMILES string of the molecule is COC(=O)c1c(-c2cc(C)ccc2C)csc1NC(=O)CCCC(=O)O. The molecular weight excluding hydrogens is 354 g/mol. The summed E-state index contributed by atoms with van der Waals surface area (Å²) in [5.74, 6) is -1.80. The Bertz CT molecular complexity index is 840. The van der Waals surface area contributed by atoms with Crippen LogP contribution in [0.3, 0.4) is 0 Å². The monoisotopic (exact) mass is 375 g/mol. The van der Waals surface area contributed by atoms with E-state index in [2.05, 4.69) is 5.32 Å². The van der Waals surface area contributed by atoms with E-state index in [9.17, 15) is 14.4 Å². The number of carbonyl (C=O) groups excluding carboxylic acids is 2. The van der Waals surface area contributed by atoms with Crippen molar-refractivity contribution in [2.24, 2.45) is 0 Å². The lowest BCUT2D eigenvalue weighted by Gasteiger charge is -2.10. The van der Waals surface area contributed by atoms with Gasteiger partial charge in [0.05, 0.1) is 7.11 Å². The minimum atomic E-state index is -0.943. The second-order valence-corrected chi connectivity index (χ2v) is 6.84. The van der Waals surface area contributed by atoms with Crippen LogP contribution in [0, 0.1) is 13.8 Å². The van der Waals surface area contributed by atoms with Crippen LogP contribution in [0.15, 0.2) is 23.6 Å². The summed E-state index contributed by atoms with van der Waals surface area (Å²) in [5, 5.41) is 13.6. The van der Waals surface area contributed by atoms with E-state index in [1.165, 1.54) is 18.4 Å². The van der Waals surface area contributed by atoms with Crippen LogP contribution in [0.4, 0.5) is 5.00 Å². The number of carboxylic acids is 1. The summed E-state index contributed by atoms with van der Waals surface area (Å²) in [6, 6.07) is 5.96. The number of methoxy groups -OCH3 is 1. The van der Waals surface area contributed by atoms with Crippen molar-refractivity contribution >= 4 is 34.2 Å². The Kier molecular flexibility index (Phi) is 6.52. The van der Waals surface area contributed by atoms with Crippen molar-refractivity contribution in [2.45, 2.75) is 33.1 Å². The van der Waals surface area contributed by atoms with Crippen LogP contribution < -0.4 is 5.32 Å². The first-order valence-electron chi connectivity index (χ1n) is 8.12. The number of rotatable bonds is 7. The van der Waals surface area contributed by atoms with Crippen LogP contribution >= 0.6 is 11.3 Å². The fraction of sp³-hybridized carbons (Fsp3) is 0.316. The summed E-state index contributed by atoms with van der Waals surface area (Å²) in [6.07, 6.45) is 0.239. The lowest BCUT2D eigenvalue weighted by Crippen LogP contribution is -2.14. The van der Waals surface area contributed by atoms with Crippen molar-refractivity contribution in [3.05, 3.63) is 40.3 Å². The van der Waals surface area contributed by atoms with E-state index < -0.39 is 11.9 Å². The maximum Gasteiger partial charge on any atom is 0.341 e. The van der Waals surface area contributed by atoms with Gasteiger partial charge in [-0.3, -0.25) is 9.59 Å². The lowest BCUT2D eigenvalue weighted by molar-refractivity contribution is -0.137. The third-order valence-electron chi connectivity index (χ3n) is 3.91. The van der Waals surface area contributed by atoms with E-state index in [4.69, 9.17) is 9.84 Å². The highest BCUT2D eigenvalue weighted by Crippen LogP contribution is 2.38. The Morgan fingerprint density at radius 2 is 1.88 bits per heavy atom. The molecular formula is C19H21NO5S. The van der Waals surface area contributed by atoms with Gasteiger partial charge in [0, 0.05) is 23.8 Å². The number of ether oxygens (including phenoxy) is 1. The average molecular weight is 375 g/mol. The van der Waals surface area contributed by atoms with Gasteiger partial charge in [0.2, 0.25) is 5.91 Å². The molecule has 0 radical (unpaired) electrons. The molecule has 0 unspecified atom stereocenters. The predicted octanol–water partition coefficient (Wildman–Crippen LogP) is 4.01. The number of carbonyl (C=O) groups is 3. The van der Waals surface area contributed by atoms with Crippen molar-refractivity contribution in [3.63, 3.8) is 0 Å². The highest BCUT2D eigenvalue weighted by atomic mass is 32.1. The molecule has 0 saturated heterocycles. The van der Waals surface area contributed by atoms with Gasteiger partial charge < -0.3 is 15.2 Å². The van der Waals surface area contributed by atoms with Gasteiger partial charge >= 0.3 is 11.9 Å². The number of aryl methyl sites for hydroxylation is 2. The topological polar surface area (TPSA) is 92.7 Å². The minimum Gasteiger partial charge on any atom is -0.481 e. The van der Waals surface area contributed by atoms with Gasteiger partial charge in [-0.15, -0.1) is 11.3 Å². The number of hydrogen-bond acceptors (Lipinski definition) is 5. The van der Waals surface area contributed by atoms with Crippen LogP contribution in [0.25, 0.3) is 11.1 Å². The Hall–Kier alpha value is -2.67. The van der Waals surface area contributed by atoms with E-state index in [-0.39, 0.29) is 25.2 Å². The molecule has 7 heteroatoms. The third-order valence-corrected chi connectivity index (χ3v) is 4.81. The van der Waals surface area contributed by atoms with Crippen LogP contribution in [0.2, 0.25) is 0 Å². The van der Waals surface area contributed by atoms with Gasteiger partial charge in [0.15, 0.2) is 0 Å². The van der Waals surface area contributed by atoms with Crippen molar-refractivity contribution < 1.29 is 24.2 Å². The molecule has 138 valence electrons. The summed E-state index contributed by atoms with van der Waals surface area (Å²) >= 11 is 1.25. The molecule has 26 heavy (non-hydrogen) atoms. The first-order chi connectivity index (χ1) is 12.3. The smallest absolute Gasteiger partial charge is 0.341 e. The minimum absolute atomic E-state index is 0.0730. The third kappa shape index (κ3) is 4.70. The maximum absolute atomic E-state index is 12.3. The van der Waals surface area contributed by atoms with Gasteiger partial charge in [-0.25, -0.2) is 4.79 Å². The molecule has 2 rings (SSSR count). The number of nitrogens with one attached hydrogen (secondary N) is 1. The van der Waals surface area contributed by atoms with Crippen molar-refractivity contribution in [1.82, 2.24) is 0 Å². The van der Waals surface area contributed by atoms with Gasteiger partial charge in [-0.05, 0) is 31.4 Å². The predicted molar refractivity (Wildman–Crippen MR) is 101 cm³/mol. The molecule has 0 aliphatic carbocycles. The van der Waals surface area contributed by atoms with Gasteiger partial charge in [-0.2, -0.15) is 0 Å². The van der Waals surface area contributed by atoms with Gasteiger partial charge in [0.1, 0.15) is 10.6 Å². The zero-order chi connectivity index (χ0) is 19.3. The van der Waals surface area contributed by atoms with Crippen molar-refractivity contribution in [2.75, 3.05) is 12.4 Å². The Labute approximate surface area is 155 Å². The molecule has 1 aromatic heterocycles. The number of anilines is 1. The first-order valence-corrected chi connectivity index (χ1v) is 9.00. The fourth-order valence-electron chi connectivity index (χ4n) is 2.57. The van der Waals surface area contributed by atoms with Gasteiger partial charge in [0.25, 0.3) is 0 Å². The van der Waals surface area contributed by atoms with Crippen LogP contribution in [-0.4, -0.2) is 30.1 Å². The largest absolute Gasteiger partial charge is 0.481 e. The normalized spacial score (nSPS) is 10.4. The van der Waals surface area contributed by atoms with E-state index in [1.54, 1.807) is 0 Å². The van der Waals surface area contributed by atoms with E-state index in [0.717, 1.165) is 16.7 Å². The summed E-state index contributed by atoms with van der Waals surface area (Å²) in [6.45, 7) is 3.93. The van der Waals surface area contributed by atoms with Crippen molar-refractivity contribution in [1.29, 1.82) is 0 Å². The number of esters is 1. The summed E-state index contributed by atoms with van der Waals surface area (Å²) in [4.78, 5) is 35.0. The number of hydrogen-bond donors (Lipinski definition) is 2. The van der Waals surface area contributed by atoms with Gasteiger partial charge in [-0.1, -0.05) is 23.8 Å². The molecule has 0 spiro atoms. The molecule has 0 saturated carbocycles. The highest BCUT2D eigenvalue weighted by Gasteiger charge is 2.23. The lowest BCUT2D eigenvalue weighted by atomic mass is 9.97. The summed E-state index contributed by atoms with van der Waals surface area (Å²) < 4.78 is 4.90. The second-order valence-electron chi connectivity index (χ2n) is 5.96. The molecule has 0 aliphatic heterocycles. The van der Waals surface area contributed by atoms with E-state index in [1.807, 2.05) is 37.4 Å². The molecule has 1 aromatic carbocycles. The number of aliphatic carboxylic acids is 1.